The first kappa shape index (κ1) is 24.0. The molecule has 11 heteroatoms. The Kier molecular flexibility index (Phi) is 6.54. The van der Waals surface area contributed by atoms with Gasteiger partial charge >= 0.3 is 14.1 Å². The van der Waals surface area contributed by atoms with Crippen LogP contribution in [0, 0.1) is 66.2 Å². The van der Waals surface area contributed by atoms with Crippen LogP contribution in [0.1, 0.15) is 11.1 Å². The van der Waals surface area contributed by atoms with E-state index >= 15 is 4.39 Å². The topological polar surface area (TPSA) is 9.23 Å². The summed E-state index contributed by atoms with van der Waals surface area (Å²) in [6.07, 6.45) is 0. The fourth-order valence-electron chi connectivity index (χ4n) is 3.60. The Morgan fingerprint density at radius 1 is 0.531 bits per heavy atom. The molecular weight excluding hydrogens is 466 g/mol. The van der Waals surface area contributed by atoms with Crippen LogP contribution in [-0.4, -0.2) is 21.3 Å². The number of rotatable bonds is 4. The molecule has 0 N–H and O–H groups in total. The van der Waals surface area contributed by atoms with Crippen molar-refractivity contribution in [1.29, 1.82) is 0 Å². The van der Waals surface area contributed by atoms with Gasteiger partial charge in [-0.25, -0.2) is 39.5 Å². The summed E-state index contributed by atoms with van der Waals surface area (Å²) < 4.78 is 132. The van der Waals surface area contributed by atoms with Crippen molar-refractivity contribution in [3.05, 3.63) is 81.7 Å². The Morgan fingerprint density at radius 3 is 1.34 bits per heavy atom. The largest absolute Gasteiger partial charge is 0.494 e. The third-order valence-electron chi connectivity index (χ3n) is 5.15. The van der Waals surface area contributed by atoms with Crippen molar-refractivity contribution in [3.8, 4) is 5.75 Å². The molecule has 3 aromatic carbocycles. The van der Waals surface area contributed by atoms with Crippen molar-refractivity contribution >= 4 is 27.4 Å². The lowest BCUT2D eigenvalue weighted by Gasteiger charge is -2.22. The van der Waals surface area contributed by atoms with Crippen molar-refractivity contribution in [2.24, 2.45) is 0 Å². The van der Waals surface area contributed by atoms with Crippen LogP contribution in [0.15, 0.2) is 18.2 Å². The lowest BCUT2D eigenvalue weighted by molar-refractivity contribution is 0.379. The molecule has 32 heavy (non-hydrogen) atoms. The predicted molar refractivity (Wildman–Crippen MR) is 99.6 cm³/mol. The molecule has 0 aliphatic rings. The third kappa shape index (κ3) is 3.73. The fraction of sp³-hybridized carbons (Fsp3) is 0.143. The van der Waals surface area contributed by atoms with Crippen LogP contribution in [-0.2, 0) is 0 Å². The van der Waals surface area contributed by atoms with Crippen molar-refractivity contribution in [1.82, 2.24) is 0 Å². The molecule has 0 amide bonds. The van der Waals surface area contributed by atoms with Gasteiger partial charge < -0.3 is 4.74 Å². The highest BCUT2D eigenvalue weighted by Gasteiger charge is 2.41. The number of hydrogen-bond acceptors (Lipinski definition) is 1. The van der Waals surface area contributed by atoms with Gasteiger partial charge in [-0.05, 0) is 29.4 Å². The van der Waals surface area contributed by atoms with E-state index in [9.17, 15) is 35.1 Å². The molecule has 0 aliphatic heterocycles. The van der Waals surface area contributed by atoms with E-state index in [1.54, 1.807) is 0 Å². The minimum Gasteiger partial charge on any atom is -0.494 e. The maximum Gasteiger partial charge on any atom is 0.403 e. The summed E-state index contributed by atoms with van der Waals surface area (Å²) in [7, 11) is 0.906. The zero-order valence-electron chi connectivity index (χ0n) is 16.6. The molecule has 0 fully saturated rings. The number of halogens is 9. The van der Waals surface area contributed by atoms with Crippen molar-refractivity contribution in [3.63, 3.8) is 0 Å². The van der Waals surface area contributed by atoms with Gasteiger partial charge in [0.05, 0.1) is 7.11 Å². The minimum absolute atomic E-state index is 0.0666. The van der Waals surface area contributed by atoms with E-state index in [2.05, 4.69) is 4.74 Å². The van der Waals surface area contributed by atoms with Crippen molar-refractivity contribution in [2.75, 3.05) is 7.11 Å². The molecule has 0 spiro atoms. The van der Waals surface area contributed by atoms with Gasteiger partial charge in [-0.15, -0.1) is 0 Å². The van der Waals surface area contributed by atoms with E-state index in [0.29, 0.717) is 6.07 Å². The third-order valence-corrected chi connectivity index (χ3v) is 8.81. The summed E-state index contributed by atoms with van der Waals surface area (Å²) >= 11 is -4.35. The first-order valence-electron chi connectivity index (χ1n) is 8.91. The van der Waals surface area contributed by atoms with Crippen LogP contribution < -0.4 is 18.0 Å². The maximum atomic E-state index is 15.1. The quantitative estimate of drug-likeness (QED) is 0.312. The van der Waals surface area contributed by atoms with Gasteiger partial charge in [0.1, 0.15) is 17.5 Å². The number of ether oxygens (including phenoxy) is 1. The standard InChI is InChI=1S/C7H4F3O.2C7H4F3.Al/c1-11-7-3-5(9)4(8)2-6(7)10;2*1-4-2-5(8)3-6(9)7(4)10;/h3H,1H3;2*3H,1H3;. The lowest BCUT2D eigenvalue weighted by atomic mass is 10.2. The van der Waals surface area contributed by atoms with Gasteiger partial charge in [0.25, 0.3) is 0 Å². The molecule has 168 valence electrons. The van der Waals surface area contributed by atoms with E-state index in [1.165, 1.54) is 0 Å². The number of hydrogen-bond donors (Lipinski definition) is 0. The molecule has 0 unspecified atom stereocenters. The molecule has 0 aliphatic carbocycles. The Hall–Kier alpha value is -2.64. The Morgan fingerprint density at radius 2 is 0.938 bits per heavy atom. The zero-order chi connectivity index (χ0) is 24.1. The molecule has 3 rings (SSSR count). The van der Waals surface area contributed by atoms with Crippen molar-refractivity contribution < 1.29 is 44.3 Å². The van der Waals surface area contributed by atoms with Crippen LogP contribution in [0.5, 0.6) is 5.75 Å². The summed E-state index contributed by atoms with van der Waals surface area (Å²) in [6, 6.07) is 0.469. The Labute approximate surface area is 180 Å². The summed E-state index contributed by atoms with van der Waals surface area (Å²) in [4.78, 5) is 0. The van der Waals surface area contributed by atoms with Crippen LogP contribution in [0.2, 0.25) is 0 Å². The normalized spacial score (nSPS) is 11.1. The minimum atomic E-state index is -4.35. The molecule has 3 aromatic rings. The molecule has 0 heterocycles. The summed E-state index contributed by atoms with van der Waals surface area (Å²) in [5.41, 5.74) is -1.57. The SMILES string of the molecule is COc1cc(F)c(F)[c]([Al]([c]2c(F)cc(F)c(F)c2C)[c]2c(F)cc(F)c(F)c2C)c1F. The number of benzene rings is 3. The van der Waals surface area contributed by atoms with E-state index in [4.69, 9.17) is 0 Å². The predicted octanol–water partition coefficient (Wildman–Crippen LogP) is 4.08. The average molecular weight is 478 g/mol. The Balaban J connectivity index is 2.58. The van der Waals surface area contributed by atoms with E-state index in [1.807, 2.05) is 0 Å². The van der Waals surface area contributed by atoms with Crippen molar-refractivity contribution in [2.45, 2.75) is 13.8 Å². The highest BCUT2D eigenvalue weighted by Crippen LogP contribution is 2.23. The smallest absolute Gasteiger partial charge is 0.403 e. The van der Waals surface area contributed by atoms with Crippen LogP contribution in [0.4, 0.5) is 39.5 Å². The molecule has 0 bridgehead atoms. The van der Waals surface area contributed by atoms with E-state index in [-0.39, 0.29) is 12.1 Å². The monoisotopic (exact) mass is 478 g/mol. The summed E-state index contributed by atoms with van der Waals surface area (Å²) in [5, 5.41) is 0. The highest BCUT2D eigenvalue weighted by molar-refractivity contribution is 6.96. The molecule has 0 saturated heterocycles. The molecule has 0 radical (unpaired) electrons. The van der Waals surface area contributed by atoms with Crippen LogP contribution in [0.25, 0.3) is 0 Å². The van der Waals surface area contributed by atoms with Gasteiger partial charge in [-0.3, -0.25) is 0 Å². The van der Waals surface area contributed by atoms with Gasteiger partial charge in [-0.1, -0.05) is 8.85 Å². The summed E-state index contributed by atoms with van der Waals surface area (Å²) in [5.74, 6) is -15.5. The first-order valence-corrected chi connectivity index (χ1v) is 10.6. The molecule has 1 nitrogen and oxygen atoms in total. The van der Waals surface area contributed by atoms with E-state index in [0.717, 1.165) is 21.0 Å². The lowest BCUT2D eigenvalue weighted by Crippen LogP contribution is -2.59. The Bertz CT molecular complexity index is 1180. The van der Waals surface area contributed by atoms with E-state index < -0.39 is 96.7 Å². The molecule has 0 atom stereocenters. The molecule has 0 saturated carbocycles. The molecule has 0 aromatic heterocycles. The van der Waals surface area contributed by atoms with Crippen LogP contribution in [0.3, 0.4) is 0 Å². The molecular formula is C21H12AlF9O. The van der Waals surface area contributed by atoms with Crippen LogP contribution >= 0.6 is 0 Å². The second kappa shape index (κ2) is 8.71. The van der Waals surface area contributed by atoms with Gasteiger partial charge in [0.2, 0.25) is 0 Å². The number of methoxy groups -OCH3 is 1. The average Bonchev–Trinajstić information content (AvgIpc) is 2.72. The van der Waals surface area contributed by atoms with Gasteiger partial charge in [-0.2, -0.15) is 0 Å². The second-order valence-corrected chi connectivity index (χ2v) is 9.52. The first-order chi connectivity index (χ1) is 14.9. The zero-order valence-corrected chi connectivity index (χ0v) is 17.8. The fourth-order valence-corrected chi connectivity index (χ4v) is 7.09. The second-order valence-electron chi connectivity index (χ2n) is 6.92. The highest BCUT2D eigenvalue weighted by atomic mass is 27.2. The van der Waals surface area contributed by atoms with Gasteiger partial charge in [0, 0.05) is 18.2 Å². The maximum absolute atomic E-state index is 15.1. The summed E-state index contributed by atoms with van der Waals surface area (Å²) in [6.45, 7) is 1.71. The van der Waals surface area contributed by atoms with Gasteiger partial charge in [0.15, 0.2) is 40.7 Å².